The second-order valence-electron chi connectivity index (χ2n) is 4.97. The molecule has 0 bridgehead atoms. The van der Waals surface area contributed by atoms with Gasteiger partial charge in [-0.2, -0.15) is 0 Å². The molecule has 0 unspecified atom stereocenters. The van der Waals surface area contributed by atoms with Gasteiger partial charge in [-0.25, -0.2) is 4.79 Å². The van der Waals surface area contributed by atoms with Crippen LogP contribution in [0.5, 0.6) is 11.5 Å². The van der Waals surface area contributed by atoms with Crippen molar-refractivity contribution in [1.82, 2.24) is 4.90 Å². The summed E-state index contributed by atoms with van der Waals surface area (Å²) in [5, 5.41) is 2.89. The first-order chi connectivity index (χ1) is 10.8. The number of rotatable bonds is 3. The number of hydrogen-bond donors (Lipinski definition) is 1. The Morgan fingerprint density at radius 1 is 1.00 bits per heavy atom. The lowest BCUT2D eigenvalue weighted by atomic mass is 10.3. The van der Waals surface area contributed by atoms with Gasteiger partial charge in [-0.1, -0.05) is 24.3 Å². The number of carbonyl (C=O) groups excluding carboxylic acids is 1. The van der Waals surface area contributed by atoms with Crippen LogP contribution in [0.25, 0.3) is 0 Å². The molecular formula is C17H18N2O3. The van der Waals surface area contributed by atoms with E-state index in [9.17, 15) is 4.79 Å². The van der Waals surface area contributed by atoms with Gasteiger partial charge in [-0.15, -0.1) is 0 Å². The molecule has 5 heteroatoms. The molecule has 1 aliphatic heterocycles. The number of nitrogens with one attached hydrogen (secondary N) is 1. The molecule has 3 rings (SSSR count). The SMILES string of the molecule is O=C(Nc1cccc(Oc2ccccc2)c1)N1CCOCC1. The summed E-state index contributed by atoms with van der Waals surface area (Å²) in [6.07, 6.45) is 0. The van der Waals surface area contributed by atoms with Gasteiger partial charge in [0.15, 0.2) is 0 Å². The Labute approximate surface area is 129 Å². The van der Waals surface area contributed by atoms with Crippen LogP contribution in [0.4, 0.5) is 10.5 Å². The van der Waals surface area contributed by atoms with E-state index in [0.29, 0.717) is 37.7 Å². The molecule has 22 heavy (non-hydrogen) atoms. The molecule has 1 N–H and O–H groups in total. The third-order valence-electron chi connectivity index (χ3n) is 3.36. The molecule has 1 heterocycles. The zero-order valence-electron chi connectivity index (χ0n) is 12.2. The topological polar surface area (TPSA) is 50.8 Å². The molecule has 2 aromatic rings. The van der Waals surface area contributed by atoms with Crippen molar-refractivity contribution in [3.8, 4) is 11.5 Å². The number of carbonyl (C=O) groups is 1. The molecular weight excluding hydrogens is 280 g/mol. The monoisotopic (exact) mass is 298 g/mol. The van der Waals surface area contributed by atoms with Crippen molar-refractivity contribution in [3.63, 3.8) is 0 Å². The van der Waals surface area contributed by atoms with E-state index in [1.54, 1.807) is 4.90 Å². The van der Waals surface area contributed by atoms with E-state index in [0.717, 1.165) is 5.75 Å². The number of nitrogens with zero attached hydrogens (tertiary/aromatic N) is 1. The van der Waals surface area contributed by atoms with Gasteiger partial charge in [0.25, 0.3) is 0 Å². The predicted molar refractivity (Wildman–Crippen MR) is 84.4 cm³/mol. The van der Waals surface area contributed by atoms with Crippen LogP contribution in [0.3, 0.4) is 0 Å². The van der Waals surface area contributed by atoms with E-state index in [2.05, 4.69) is 5.32 Å². The van der Waals surface area contributed by atoms with Crippen LogP contribution in [0.1, 0.15) is 0 Å². The zero-order chi connectivity index (χ0) is 15.2. The van der Waals surface area contributed by atoms with Gasteiger partial charge < -0.3 is 19.7 Å². The molecule has 5 nitrogen and oxygen atoms in total. The van der Waals surface area contributed by atoms with Crippen molar-refractivity contribution in [2.24, 2.45) is 0 Å². The van der Waals surface area contributed by atoms with E-state index in [1.165, 1.54) is 0 Å². The van der Waals surface area contributed by atoms with Crippen molar-refractivity contribution in [2.45, 2.75) is 0 Å². The maximum atomic E-state index is 12.2. The normalized spacial score (nSPS) is 14.5. The summed E-state index contributed by atoms with van der Waals surface area (Å²) in [6, 6.07) is 16.8. The minimum Gasteiger partial charge on any atom is -0.457 e. The number of para-hydroxylation sites is 1. The van der Waals surface area contributed by atoms with Crippen molar-refractivity contribution in [1.29, 1.82) is 0 Å². The van der Waals surface area contributed by atoms with Crippen molar-refractivity contribution < 1.29 is 14.3 Å². The maximum Gasteiger partial charge on any atom is 0.322 e. The Bertz CT molecular complexity index is 625. The minimum atomic E-state index is -0.111. The average Bonchev–Trinajstić information content (AvgIpc) is 2.57. The summed E-state index contributed by atoms with van der Waals surface area (Å²) in [5.74, 6) is 1.45. The largest absolute Gasteiger partial charge is 0.457 e. The van der Waals surface area contributed by atoms with Crippen molar-refractivity contribution >= 4 is 11.7 Å². The van der Waals surface area contributed by atoms with Gasteiger partial charge in [-0.05, 0) is 24.3 Å². The molecule has 1 aliphatic rings. The van der Waals surface area contributed by atoms with Gasteiger partial charge in [0.1, 0.15) is 11.5 Å². The summed E-state index contributed by atoms with van der Waals surface area (Å²) in [7, 11) is 0. The highest BCUT2D eigenvalue weighted by Crippen LogP contribution is 2.24. The van der Waals surface area contributed by atoms with Gasteiger partial charge in [0, 0.05) is 24.8 Å². The van der Waals surface area contributed by atoms with E-state index in [4.69, 9.17) is 9.47 Å². The molecule has 2 aromatic carbocycles. The molecule has 0 radical (unpaired) electrons. The lowest BCUT2D eigenvalue weighted by molar-refractivity contribution is 0.0564. The summed E-state index contributed by atoms with van der Waals surface area (Å²) in [4.78, 5) is 13.9. The van der Waals surface area contributed by atoms with Crippen LogP contribution in [0.2, 0.25) is 0 Å². The van der Waals surface area contributed by atoms with Crippen LogP contribution in [-0.2, 0) is 4.74 Å². The third-order valence-corrected chi connectivity index (χ3v) is 3.36. The smallest absolute Gasteiger partial charge is 0.322 e. The van der Waals surface area contributed by atoms with E-state index >= 15 is 0 Å². The molecule has 0 aromatic heterocycles. The van der Waals surface area contributed by atoms with Crippen LogP contribution < -0.4 is 10.1 Å². The van der Waals surface area contributed by atoms with E-state index in [1.807, 2.05) is 54.6 Å². The second kappa shape index (κ2) is 6.95. The highest BCUT2D eigenvalue weighted by Gasteiger charge is 2.16. The molecule has 1 saturated heterocycles. The fourth-order valence-corrected chi connectivity index (χ4v) is 2.23. The molecule has 2 amide bonds. The number of benzene rings is 2. The molecule has 0 spiro atoms. The molecule has 114 valence electrons. The Balaban J connectivity index is 1.64. The average molecular weight is 298 g/mol. The molecule has 0 saturated carbocycles. The first-order valence-electron chi connectivity index (χ1n) is 7.28. The number of amides is 2. The van der Waals surface area contributed by atoms with Crippen molar-refractivity contribution in [3.05, 3.63) is 54.6 Å². The van der Waals surface area contributed by atoms with Crippen LogP contribution in [-0.4, -0.2) is 37.2 Å². The number of anilines is 1. The van der Waals surface area contributed by atoms with Crippen LogP contribution >= 0.6 is 0 Å². The fourth-order valence-electron chi connectivity index (χ4n) is 2.23. The Kier molecular flexibility index (Phi) is 4.56. The summed E-state index contributed by atoms with van der Waals surface area (Å²) < 4.78 is 11.0. The molecule has 0 aliphatic carbocycles. The number of hydrogen-bond acceptors (Lipinski definition) is 3. The highest BCUT2D eigenvalue weighted by molar-refractivity contribution is 5.89. The van der Waals surface area contributed by atoms with Gasteiger partial charge in [0.05, 0.1) is 13.2 Å². The number of ether oxygens (including phenoxy) is 2. The Morgan fingerprint density at radius 2 is 1.73 bits per heavy atom. The predicted octanol–water partition coefficient (Wildman–Crippen LogP) is 3.34. The maximum absolute atomic E-state index is 12.2. The third kappa shape index (κ3) is 3.77. The van der Waals surface area contributed by atoms with E-state index < -0.39 is 0 Å². The number of urea groups is 1. The van der Waals surface area contributed by atoms with Crippen molar-refractivity contribution in [2.75, 3.05) is 31.6 Å². The minimum absolute atomic E-state index is 0.111. The first kappa shape index (κ1) is 14.4. The van der Waals surface area contributed by atoms with Gasteiger partial charge in [0.2, 0.25) is 0 Å². The summed E-state index contributed by atoms with van der Waals surface area (Å²) >= 11 is 0. The summed E-state index contributed by atoms with van der Waals surface area (Å²) in [5.41, 5.74) is 0.713. The molecule has 0 atom stereocenters. The van der Waals surface area contributed by atoms with Gasteiger partial charge in [-0.3, -0.25) is 0 Å². The number of morpholine rings is 1. The zero-order valence-corrected chi connectivity index (χ0v) is 12.2. The Morgan fingerprint density at radius 3 is 2.50 bits per heavy atom. The highest BCUT2D eigenvalue weighted by atomic mass is 16.5. The van der Waals surface area contributed by atoms with E-state index in [-0.39, 0.29) is 6.03 Å². The second-order valence-corrected chi connectivity index (χ2v) is 4.97. The van der Waals surface area contributed by atoms with Gasteiger partial charge >= 0.3 is 6.03 Å². The van der Waals surface area contributed by atoms with Crippen LogP contribution in [0.15, 0.2) is 54.6 Å². The van der Waals surface area contributed by atoms with Crippen LogP contribution in [0, 0.1) is 0 Å². The molecule has 1 fully saturated rings. The fraction of sp³-hybridized carbons (Fsp3) is 0.235. The standard InChI is InChI=1S/C17H18N2O3/c20-17(19-9-11-21-12-10-19)18-14-5-4-8-16(13-14)22-15-6-2-1-3-7-15/h1-8,13H,9-12H2,(H,18,20). The quantitative estimate of drug-likeness (QED) is 0.945. The summed E-state index contributed by atoms with van der Waals surface area (Å²) in [6.45, 7) is 2.41. The lowest BCUT2D eigenvalue weighted by Gasteiger charge is -2.26. The Hall–Kier alpha value is -2.53. The lowest BCUT2D eigenvalue weighted by Crippen LogP contribution is -2.43. The first-order valence-corrected chi connectivity index (χ1v) is 7.28.